The molecule has 0 spiro atoms. The first-order valence-corrected chi connectivity index (χ1v) is 12.2. The molecule has 4 rings (SSSR count). The summed E-state index contributed by atoms with van der Waals surface area (Å²) in [6.45, 7) is 2.49. The number of thiazole rings is 1. The van der Waals surface area contributed by atoms with E-state index in [9.17, 15) is 5.11 Å². The van der Waals surface area contributed by atoms with E-state index in [0.29, 0.717) is 12.5 Å². The summed E-state index contributed by atoms with van der Waals surface area (Å²) in [7, 11) is 1.60. The van der Waals surface area contributed by atoms with Gasteiger partial charge in [-0.3, -0.25) is 4.99 Å². The van der Waals surface area contributed by atoms with Crippen molar-refractivity contribution in [1.29, 1.82) is 0 Å². The first kappa shape index (κ1) is 23.2. The predicted octanol–water partition coefficient (Wildman–Crippen LogP) is 5.21. The van der Waals surface area contributed by atoms with Crippen LogP contribution in [0.25, 0.3) is 10.2 Å². The number of nitrogens with zero attached hydrogens (tertiary/aromatic N) is 3. The van der Waals surface area contributed by atoms with E-state index in [1.54, 1.807) is 30.8 Å². The predicted molar refractivity (Wildman–Crippen MR) is 134 cm³/mol. The lowest BCUT2D eigenvalue weighted by Crippen LogP contribution is -2.36. The van der Waals surface area contributed by atoms with E-state index in [-0.39, 0.29) is 12.1 Å². The molecule has 0 bridgehead atoms. The fourth-order valence-electron chi connectivity index (χ4n) is 3.87. The average Bonchev–Trinajstić information content (AvgIpc) is 3.24. The fraction of sp³-hybridized carbons (Fsp3) is 0.400. The van der Waals surface area contributed by atoms with Gasteiger partial charge in [0.1, 0.15) is 12.4 Å². The van der Waals surface area contributed by atoms with Crippen molar-refractivity contribution in [2.24, 2.45) is 4.99 Å². The van der Waals surface area contributed by atoms with Crippen molar-refractivity contribution in [3.63, 3.8) is 0 Å². The minimum absolute atomic E-state index is 0.0856. The Balaban J connectivity index is 1.33. The Labute approximate surface area is 198 Å². The van der Waals surface area contributed by atoms with Gasteiger partial charge in [0, 0.05) is 29.7 Å². The van der Waals surface area contributed by atoms with Crippen LogP contribution in [0.3, 0.4) is 0 Å². The molecule has 0 amide bonds. The van der Waals surface area contributed by atoms with Gasteiger partial charge in [0.15, 0.2) is 5.13 Å². The van der Waals surface area contributed by atoms with Crippen LogP contribution < -0.4 is 14.8 Å². The quantitative estimate of drug-likeness (QED) is 0.421. The summed E-state index contributed by atoms with van der Waals surface area (Å²) >= 11 is 1.59. The molecule has 174 valence electrons. The molecular formula is C25H30N4O3S. The van der Waals surface area contributed by atoms with Crippen LogP contribution in [-0.4, -0.2) is 46.6 Å². The Morgan fingerprint density at radius 1 is 1.27 bits per heavy atom. The smallest absolute Gasteiger partial charge is 0.212 e. The lowest BCUT2D eigenvalue weighted by atomic mass is 9.93. The molecule has 0 radical (unpaired) electrons. The number of methoxy groups -OCH3 is 1. The molecule has 1 aromatic carbocycles. The molecule has 1 saturated carbocycles. The molecule has 0 saturated heterocycles. The van der Waals surface area contributed by atoms with E-state index in [1.807, 2.05) is 36.4 Å². The van der Waals surface area contributed by atoms with E-state index in [0.717, 1.165) is 64.5 Å². The van der Waals surface area contributed by atoms with Gasteiger partial charge in [-0.1, -0.05) is 31.1 Å². The number of benzene rings is 1. The number of hydrogen-bond donors (Lipinski definition) is 2. The van der Waals surface area contributed by atoms with Gasteiger partial charge in [0.05, 0.1) is 29.5 Å². The summed E-state index contributed by atoms with van der Waals surface area (Å²) < 4.78 is 12.0. The zero-order valence-electron chi connectivity index (χ0n) is 19.0. The first-order valence-electron chi connectivity index (χ1n) is 11.4. The normalized spacial score (nSPS) is 19.2. The Kier molecular flexibility index (Phi) is 7.91. The summed E-state index contributed by atoms with van der Waals surface area (Å²) in [5.74, 6) is 1.38. The summed E-state index contributed by atoms with van der Waals surface area (Å²) in [5.41, 5.74) is 2.86. The standard InChI is InChI=1S/C25H30N4O3S/c1-3-19(17-9-12-24(31-2)27-16-17)26-13-6-14-32-18-10-11-21-23(15-18)33-25(29-21)28-20-7-4-5-8-22(20)30/h6,9-13,15-16,20,22,30H,3-5,7-8,14H2,1-2H3,(H,28,29)/b13-6-,26-19+/t20-,22-/m1/s1. The number of hydrogen-bond acceptors (Lipinski definition) is 8. The summed E-state index contributed by atoms with van der Waals surface area (Å²) in [4.78, 5) is 13.4. The molecule has 8 heteroatoms. The molecule has 2 N–H and O–H groups in total. The lowest BCUT2D eigenvalue weighted by molar-refractivity contribution is 0.116. The second-order valence-corrected chi connectivity index (χ2v) is 9.00. The largest absolute Gasteiger partial charge is 0.489 e. The number of pyridine rings is 1. The van der Waals surface area contributed by atoms with Crippen LogP contribution in [0, 0.1) is 0 Å². The molecule has 3 aromatic rings. The van der Waals surface area contributed by atoms with Gasteiger partial charge < -0.3 is 19.9 Å². The molecule has 2 aromatic heterocycles. The highest BCUT2D eigenvalue weighted by molar-refractivity contribution is 7.22. The number of aliphatic hydroxyl groups excluding tert-OH is 1. The van der Waals surface area contributed by atoms with E-state index in [2.05, 4.69) is 27.2 Å². The Morgan fingerprint density at radius 3 is 2.91 bits per heavy atom. The van der Waals surface area contributed by atoms with Crippen LogP contribution in [0.2, 0.25) is 0 Å². The van der Waals surface area contributed by atoms with Crippen LogP contribution in [-0.2, 0) is 0 Å². The second kappa shape index (κ2) is 11.2. The highest BCUT2D eigenvalue weighted by Crippen LogP contribution is 2.31. The van der Waals surface area contributed by atoms with Crippen LogP contribution in [0.5, 0.6) is 11.6 Å². The Morgan fingerprint density at radius 2 is 2.15 bits per heavy atom. The third kappa shape index (κ3) is 6.09. The van der Waals surface area contributed by atoms with Crippen LogP contribution in [0.4, 0.5) is 5.13 Å². The molecular weight excluding hydrogens is 436 g/mol. The number of fused-ring (bicyclic) bond motifs is 1. The minimum atomic E-state index is -0.298. The number of rotatable bonds is 9. The number of aromatic nitrogens is 2. The number of nitrogens with one attached hydrogen (secondary N) is 1. The van der Waals surface area contributed by atoms with Crippen LogP contribution in [0.15, 0.2) is 53.8 Å². The molecule has 0 aliphatic heterocycles. The van der Waals surface area contributed by atoms with Crippen molar-refractivity contribution in [2.45, 2.75) is 51.2 Å². The molecule has 33 heavy (non-hydrogen) atoms. The highest BCUT2D eigenvalue weighted by atomic mass is 32.1. The van der Waals surface area contributed by atoms with Gasteiger partial charge in [-0.05, 0) is 49.6 Å². The fourth-order valence-corrected chi connectivity index (χ4v) is 4.82. The van der Waals surface area contributed by atoms with E-state index in [4.69, 9.17) is 9.47 Å². The van der Waals surface area contributed by atoms with Gasteiger partial charge in [0.25, 0.3) is 0 Å². The summed E-state index contributed by atoms with van der Waals surface area (Å²) in [6.07, 6.45) is 10.0. The maximum absolute atomic E-state index is 10.2. The topological polar surface area (TPSA) is 88.9 Å². The second-order valence-electron chi connectivity index (χ2n) is 7.97. The van der Waals surface area contributed by atoms with Crippen LogP contribution >= 0.6 is 11.3 Å². The van der Waals surface area contributed by atoms with Crippen molar-refractivity contribution >= 4 is 32.4 Å². The van der Waals surface area contributed by atoms with Gasteiger partial charge in [-0.2, -0.15) is 0 Å². The molecule has 7 nitrogen and oxygen atoms in total. The third-order valence-corrected chi connectivity index (χ3v) is 6.64. The molecule has 1 fully saturated rings. The molecule has 2 atom stereocenters. The number of aliphatic imine (C=N–C) groups is 1. The van der Waals surface area contributed by atoms with Gasteiger partial charge >= 0.3 is 0 Å². The minimum Gasteiger partial charge on any atom is -0.489 e. The van der Waals surface area contributed by atoms with Crippen molar-refractivity contribution < 1.29 is 14.6 Å². The molecule has 0 unspecified atom stereocenters. The molecule has 1 aliphatic rings. The first-order chi connectivity index (χ1) is 16.2. The average molecular weight is 467 g/mol. The molecule has 2 heterocycles. The number of ether oxygens (including phenoxy) is 2. The summed E-state index contributed by atoms with van der Waals surface area (Å²) in [6, 6.07) is 9.79. The van der Waals surface area contributed by atoms with Crippen molar-refractivity contribution in [2.75, 3.05) is 19.0 Å². The van der Waals surface area contributed by atoms with Crippen molar-refractivity contribution in [3.05, 3.63) is 54.4 Å². The van der Waals surface area contributed by atoms with Gasteiger partial charge in [-0.15, -0.1) is 0 Å². The van der Waals surface area contributed by atoms with E-state index in [1.165, 1.54) is 0 Å². The maximum atomic E-state index is 10.2. The van der Waals surface area contributed by atoms with Gasteiger partial charge in [0.2, 0.25) is 5.88 Å². The SMILES string of the molecule is CC/C(=N\C=C/COc1ccc2nc(N[C@@H]3CCCC[C@H]3O)sc2c1)c1ccc(OC)nc1. The van der Waals surface area contributed by atoms with Crippen molar-refractivity contribution in [1.82, 2.24) is 9.97 Å². The third-order valence-electron chi connectivity index (χ3n) is 5.69. The number of aliphatic hydroxyl groups is 1. The highest BCUT2D eigenvalue weighted by Gasteiger charge is 2.23. The monoisotopic (exact) mass is 466 g/mol. The van der Waals surface area contributed by atoms with Gasteiger partial charge in [-0.25, -0.2) is 9.97 Å². The number of anilines is 1. The lowest BCUT2D eigenvalue weighted by Gasteiger charge is -2.27. The zero-order chi connectivity index (χ0) is 23.0. The zero-order valence-corrected chi connectivity index (χ0v) is 19.8. The van der Waals surface area contributed by atoms with E-state index < -0.39 is 0 Å². The Hall–Kier alpha value is -2.97. The Bertz CT molecular complexity index is 1110. The summed E-state index contributed by atoms with van der Waals surface area (Å²) in [5, 5.41) is 14.5. The van der Waals surface area contributed by atoms with Crippen LogP contribution in [0.1, 0.15) is 44.6 Å². The van der Waals surface area contributed by atoms with Crippen molar-refractivity contribution in [3.8, 4) is 11.6 Å². The molecule has 1 aliphatic carbocycles. The van der Waals surface area contributed by atoms with E-state index >= 15 is 0 Å². The maximum Gasteiger partial charge on any atom is 0.212 e.